The largest absolute Gasteiger partial charge is 0.339 e. The number of nitrogens with zero attached hydrogens (tertiary/aromatic N) is 2. The number of aryl methyl sites for hydroxylation is 2. The Kier molecular flexibility index (Phi) is 6.49. The van der Waals surface area contributed by atoms with Gasteiger partial charge >= 0.3 is 0 Å². The van der Waals surface area contributed by atoms with Crippen LogP contribution in [0.5, 0.6) is 0 Å². The normalized spacial score (nSPS) is 14.2. The molecule has 0 unspecified atom stereocenters. The fourth-order valence-corrected chi connectivity index (χ4v) is 4.19. The van der Waals surface area contributed by atoms with Gasteiger partial charge in [-0.05, 0) is 68.7 Å². The zero-order valence-corrected chi connectivity index (χ0v) is 18.6. The van der Waals surface area contributed by atoms with Gasteiger partial charge in [0, 0.05) is 36.5 Å². The van der Waals surface area contributed by atoms with Crippen LogP contribution in [-0.2, 0) is 0 Å². The van der Waals surface area contributed by atoms with Crippen LogP contribution in [0.25, 0.3) is 0 Å². The van der Waals surface area contributed by atoms with Crippen molar-refractivity contribution < 1.29 is 18.4 Å². The smallest absolute Gasteiger partial charge is 0.257 e. The SMILES string of the molecule is Cc1cccc(NC(=O)c2ccc(C)nc2C2CCN(C(=O)c3ccc(F)cc3F)CC2)c1. The molecule has 33 heavy (non-hydrogen) atoms. The van der Waals surface area contributed by atoms with E-state index in [-0.39, 0.29) is 17.4 Å². The van der Waals surface area contributed by atoms with Crippen molar-refractivity contribution in [1.82, 2.24) is 9.88 Å². The molecule has 1 aliphatic rings. The minimum atomic E-state index is -0.863. The minimum absolute atomic E-state index is 0.00901. The molecule has 4 rings (SSSR count). The number of pyridine rings is 1. The van der Waals surface area contributed by atoms with E-state index >= 15 is 0 Å². The molecule has 170 valence electrons. The molecule has 0 atom stereocenters. The Balaban J connectivity index is 1.49. The van der Waals surface area contributed by atoms with Crippen molar-refractivity contribution in [3.8, 4) is 0 Å². The van der Waals surface area contributed by atoms with E-state index in [1.165, 1.54) is 6.07 Å². The summed E-state index contributed by atoms with van der Waals surface area (Å²) in [7, 11) is 0. The second-order valence-electron chi connectivity index (χ2n) is 8.40. The molecule has 1 aliphatic heterocycles. The average Bonchev–Trinajstić information content (AvgIpc) is 2.78. The first-order chi connectivity index (χ1) is 15.8. The zero-order chi connectivity index (χ0) is 23.5. The second-order valence-corrected chi connectivity index (χ2v) is 8.40. The van der Waals surface area contributed by atoms with E-state index in [2.05, 4.69) is 10.3 Å². The van der Waals surface area contributed by atoms with E-state index in [9.17, 15) is 18.4 Å². The molecule has 0 radical (unpaired) electrons. The van der Waals surface area contributed by atoms with Crippen LogP contribution in [0.1, 0.15) is 56.4 Å². The number of rotatable bonds is 4. The number of benzene rings is 2. The number of hydrogen-bond donors (Lipinski definition) is 1. The number of aromatic nitrogens is 1. The molecule has 0 saturated carbocycles. The molecule has 1 saturated heterocycles. The first-order valence-corrected chi connectivity index (χ1v) is 10.9. The summed E-state index contributed by atoms with van der Waals surface area (Å²) >= 11 is 0. The standard InChI is InChI=1S/C26H25F2N3O2/c1-16-4-3-5-20(14-16)30-25(32)22-8-6-17(2)29-24(22)18-10-12-31(13-11-18)26(33)21-9-7-19(27)15-23(21)28/h3-9,14-15,18H,10-13H2,1-2H3,(H,30,32). The zero-order valence-electron chi connectivity index (χ0n) is 18.6. The van der Waals surface area contributed by atoms with Gasteiger partial charge in [-0.15, -0.1) is 0 Å². The van der Waals surface area contributed by atoms with E-state index < -0.39 is 17.5 Å². The lowest BCUT2D eigenvalue weighted by atomic mass is 9.89. The molecular weight excluding hydrogens is 424 g/mol. The highest BCUT2D eigenvalue weighted by molar-refractivity contribution is 6.05. The van der Waals surface area contributed by atoms with Gasteiger partial charge in [-0.3, -0.25) is 14.6 Å². The number of anilines is 1. The molecule has 1 N–H and O–H groups in total. The number of halogens is 2. The summed E-state index contributed by atoms with van der Waals surface area (Å²) in [4.78, 5) is 32.0. The van der Waals surface area contributed by atoms with Crippen LogP contribution < -0.4 is 5.32 Å². The van der Waals surface area contributed by atoms with Crippen molar-refractivity contribution in [3.05, 3.63) is 94.3 Å². The van der Waals surface area contributed by atoms with Crippen LogP contribution in [0.2, 0.25) is 0 Å². The molecule has 3 aromatic rings. The first-order valence-electron chi connectivity index (χ1n) is 10.9. The van der Waals surface area contributed by atoms with E-state index in [4.69, 9.17) is 0 Å². The molecule has 2 amide bonds. The number of likely N-dealkylation sites (tertiary alicyclic amines) is 1. The lowest BCUT2D eigenvalue weighted by molar-refractivity contribution is 0.0706. The van der Waals surface area contributed by atoms with Crippen LogP contribution in [0.4, 0.5) is 14.5 Å². The van der Waals surface area contributed by atoms with Crippen LogP contribution in [0, 0.1) is 25.5 Å². The molecule has 1 fully saturated rings. The predicted molar refractivity (Wildman–Crippen MR) is 122 cm³/mol. The summed E-state index contributed by atoms with van der Waals surface area (Å²) in [6.07, 6.45) is 1.19. The van der Waals surface area contributed by atoms with Gasteiger partial charge in [-0.2, -0.15) is 0 Å². The maximum absolute atomic E-state index is 14.0. The minimum Gasteiger partial charge on any atom is -0.339 e. The number of nitrogens with one attached hydrogen (secondary N) is 1. The third-order valence-corrected chi connectivity index (χ3v) is 5.91. The fraction of sp³-hybridized carbons (Fsp3) is 0.269. The number of hydrogen-bond acceptors (Lipinski definition) is 3. The van der Waals surface area contributed by atoms with E-state index in [0.29, 0.717) is 42.9 Å². The summed E-state index contributed by atoms with van der Waals surface area (Å²) in [5, 5.41) is 2.94. The van der Waals surface area contributed by atoms with E-state index in [1.807, 2.05) is 44.2 Å². The summed E-state index contributed by atoms with van der Waals surface area (Å²) in [5.74, 6) is -2.27. The average molecular weight is 450 g/mol. The van der Waals surface area contributed by atoms with E-state index in [1.54, 1.807) is 11.0 Å². The molecular formula is C26H25F2N3O2. The molecule has 5 nitrogen and oxygen atoms in total. The van der Waals surface area contributed by atoms with Gasteiger partial charge in [-0.1, -0.05) is 12.1 Å². The van der Waals surface area contributed by atoms with Gasteiger partial charge in [0.05, 0.1) is 16.8 Å². The van der Waals surface area contributed by atoms with Crippen LogP contribution in [0.3, 0.4) is 0 Å². The van der Waals surface area contributed by atoms with Crippen molar-refractivity contribution in [3.63, 3.8) is 0 Å². The van der Waals surface area contributed by atoms with Crippen molar-refractivity contribution in [2.24, 2.45) is 0 Å². The summed E-state index contributed by atoms with van der Waals surface area (Å²) in [6.45, 7) is 4.63. The van der Waals surface area contributed by atoms with Gasteiger partial charge in [0.15, 0.2) is 0 Å². The highest BCUT2D eigenvalue weighted by atomic mass is 19.1. The monoisotopic (exact) mass is 449 g/mol. The van der Waals surface area contributed by atoms with Crippen molar-refractivity contribution in [2.75, 3.05) is 18.4 Å². The highest BCUT2D eigenvalue weighted by Gasteiger charge is 2.29. The van der Waals surface area contributed by atoms with Gasteiger partial charge in [0.1, 0.15) is 11.6 Å². The number of amides is 2. The quantitative estimate of drug-likeness (QED) is 0.592. The summed E-state index contributed by atoms with van der Waals surface area (Å²) < 4.78 is 27.2. The van der Waals surface area contributed by atoms with Crippen LogP contribution >= 0.6 is 0 Å². The molecule has 2 aromatic carbocycles. The number of carbonyl (C=O) groups is 2. The molecule has 0 spiro atoms. The highest BCUT2D eigenvalue weighted by Crippen LogP contribution is 2.31. The van der Waals surface area contributed by atoms with Crippen molar-refractivity contribution >= 4 is 17.5 Å². The van der Waals surface area contributed by atoms with Crippen molar-refractivity contribution in [1.29, 1.82) is 0 Å². The van der Waals surface area contributed by atoms with Crippen molar-refractivity contribution in [2.45, 2.75) is 32.6 Å². The third kappa shape index (κ3) is 5.08. The molecule has 1 aromatic heterocycles. The Labute approximate surface area is 191 Å². The van der Waals surface area contributed by atoms with Gasteiger partial charge in [0.25, 0.3) is 11.8 Å². The van der Waals surface area contributed by atoms with Gasteiger partial charge in [-0.25, -0.2) is 8.78 Å². The lowest BCUT2D eigenvalue weighted by Crippen LogP contribution is -2.38. The maximum atomic E-state index is 14.0. The Hall–Kier alpha value is -3.61. The Morgan fingerprint density at radius 3 is 2.39 bits per heavy atom. The Morgan fingerprint density at radius 2 is 1.70 bits per heavy atom. The fourth-order valence-electron chi connectivity index (χ4n) is 4.19. The van der Waals surface area contributed by atoms with Crippen LogP contribution in [0.15, 0.2) is 54.6 Å². The van der Waals surface area contributed by atoms with E-state index in [0.717, 1.165) is 23.4 Å². The van der Waals surface area contributed by atoms with Gasteiger partial charge < -0.3 is 10.2 Å². The second kappa shape index (κ2) is 9.48. The Morgan fingerprint density at radius 1 is 0.970 bits per heavy atom. The third-order valence-electron chi connectivity index (χ3n) is 5.91. The van der Waals surface area contributed by atoms with Crippen LogP contribution in [-0.4, -0.2) is 34.8 Å². The summed E-state index contributed by atoms with van der Waals surface area (Å²) in [5.41, 5.74) is 3.65. The number of carbonyl (C=O) groups excluding carboxylic acids is 2. The predicted octanol–water partition coefficient (Wildman–Crippen LogP) is 5.25. The maximum Gasteiger partial charge on any atom is 0.257 e. The summed E-state index contributed by atoms with van der Waals surface area (Å²) in [6, 6.07) is 14.2. The molecule has 7 heteroatoms. The van der Waals surface area contributed by atoms with Gasteiger partial charge in [0.2, 0.25) is 0 Å². The molecule has 2 heterocycles. The molecule has 0 bridgehead atoms. The first kappa shape index (κ1) is 22.6. The lowest BCUT2D eigenvalue weighted by Gasteiger charge is -2.32. The number of piperidine rings is 1. The Bertz CT molecular complexity index is 1200. The topological polar surface area (TPSA) is 62.3 Å². The molecule has 0 aliphatic carbocycles.